The molecule has 25 heavy (non-hydrogen) atoms. The van der Waals surface area contributed by atoms with Crippen LogP contribution < -0.4 is 5.32 Å². The molecule has 0 aromatic carbocycles. The minimum atomic E-state index is -0.0332. The lowest BCUT2D eigenvalue weighted by Crippen LogP contribution is -2.31. The van der Waals surface area contributed by atoms with Gasteiger partial charge in [-0.2, -0.15) is 4.98 Å². The maximum absolute atomic E-state index is 12.6. The van der Waals surface area contributed by atoms with E-state index in [1.54, 1.807) is 18.5 Å². The van der Waals surface area contributed by atoms with Crippen LogP contribution in [0.5, 0.6) is 0 Å². The van der Waals surface area contributed by atoms with Gasteiger partial charge in [-0.3, -0.25) is 4.79 Å². The molecule has 8 heteroatoms. The van der Waals surface area contributed by atoms with Crippen molar-refractivity contribution in [3.05, 3.63) is 30.2 Å². The van der Waals surface area contributed by atoms with E-state index in [2.05, 4.69) is 25.4 Å². The molecule has 1 unspecified atom stereocenters. The third-order valence-corrected chi connectivity index (χ3v) is 4.67. The number of aromatic nitrogens is 4. The molecule has 3 heterocycles. The lowest BCUT2D eigenvalue weighted by Gasteiger charge is -2.22. The molecule has 8 nitrogen and oxygen atoms in total. The van der Waals surface area contributed by atoms with Crippen LogP contribution in [0.4, 0.5) is 5.95 Å². The Labute approximate surface area is 146 Å². The van der Waals surface area contributed by atoms with E-state index in [1.807, 2.05) is 4.90 Å². The summed E-state index contributed by atoms with van der Waals surface area (Å²) in [5.74, 6) is 2.59. The zero-order valence-corrected chi connectivity index (χ0v) is 14.1. The van der Waals surface area contributed by atoms with E-state index in [0.717, 1.165) is 44.5 Å². The minimum absolute atomic E-state index is 0.0332. The Morgan fingerprint density at radius 2 is 2.12 bits per heavy atom. The molecular formula is C17H22N6O2. The van der Waals surface area contributed by atoms with Gasteiger partial charge in [0, 0.05) is 37.8 Å². The van der Waals surface area contributed by atoms with Gasteiger partial charge < -0.3 is 14.7 Å². The number of carbonyl (C=O) groups is 1. The Hall–Kier alpha value is -2.51. The van der Waals surface area contributed by atoms with E-state index in [1.165, 1.54) is 0 Å². The van der Waals surface area contributed by atoms with Crippen LogP contribution in [0.3, 0.4) is 0 Å². The van der Waals surface area contributed by atoms with Crippen LogP contribution in [0.1, 0.15) is 62.2 Å². The monoisotopic (exact) mass is 342 g/mol. The normalized spacial score (nSPS) is 20.0. The number of anilines is 1. The van der Waals surface area contributed by atoms with Crippen LogP contribution in [-0.4, -0.2) is 44.0 Å². The van der Waals surface area contributed by atoms with Gasteiger partial charge in [0.05, 0.1) is 6.04 Å². The summed E-state index contributed by atoms with van der Waals surface area (Å²) in [7, 11) is 0. The molecule has 132 valence electrons. The van der Waals surface area contributed by atoms with Gasteiger partial charge in [0.15, 0.2) is 5.82 Å². The largest absolute Gasteiger partial charge is 0.354 e. The summed E-state index contributed by atoms with van der Waals surface area (Å²) in [5, 5.41) is 7.24. The smallest absolute Gasteiger partial charge is 0.229 e. The van der Waals surface area contributed by atoms with Crippen molar-refractivity contribution in [1.82, 2.24) is 25.0 Å². The molecule has 2 fully saturated rings. The average molecular weight is 342 g/mol. The second-order valence-electron chi connectivity index (χ2n) is 6.61. The van der Waals surface area contributed by atoms with E-state index < -0.39 is 0 Å². The molecule has 1 N–H and O–H groups in total. The van der Waals surface area contributed by atoms with Gasteiger partial charge in [0.25, 0.3) is 0 Å². The van der Waals surface area contributed by atoms with Crippen molar-refractivity contribution in [1.29, 1.82) is 0 Å². The number of amides is 1. The summed E-state index contributed by atoms with van der Waals surface area (Å²) >= 11 is 0. The first-order chi connectivity index (χ1) is 12.3. The van der Waals surface area contributed by atoms with Gasteiger partial charge >= 0.3 is 0 Å². The molecule has 0 radical (unpaired) electrons. The number of nitrogens with zero attached hydrogens (tertiary/aromatic N) is 5. The predicted molar refractivity (Wildman–Crippen MR) is 89.7 cm³/mol. The molecular weight excluding hydrogens is 320 g/mol. The van der Waals surface area contributed by atoms with Crippen molar-refractivity contribution in [2.45, 2.75) is 50.5 Å². The Bertz CT molecular complexity index is 715. The summed E-state index contributed by atoms with van der Waals surface area (Å²) in [6.07, 6.45) is 8.77. The van der Waals surface area contributed by atoms with E-state index in [-0.39, 0.29) is 11.9 Å². The van der Waals surface area contributed by atoms with Crippen LogP contribution >= 0.6 is 0 Å². The van der Waals surface area contributed by atoms with Crippen LogP contribution in [0.15, 0.2) is 23.0 Å². The third kappa shape index (κ3) is 3.78. The fraction of sp³-hybridized carbons (Fsp3) is 0.588. The fourth-order valence-electron chi connectivity index (χ4n) is 3.19. The summed E-state index contributed by atoms with van der Waals surface area (Å²) in [5.41, 5.74) is 0. The van der Waals surface area contributed by atoms with Crippen molar-refractivity contribution in [2.75, 3.05) is 18.4 Å². The van der Waals surface area contributed by atoms with Crippen LogP contribution in [0, 0.1) is 0 Å². The van der Waals surface area contributed by atoms with Crippen molar-refractivity contribution in [2.24, 2.45) is 0 Å². The average Bonchev–Trinajstić information content (AvgIpc) is 3.18. The van der Waals surface area contributed by atoms with E-state index in [0.29, 0.717) is 30.7 Å². The van der Waals surface area contributed by atoms with Crippen molar-refractivity contribution < 1.29 is 9.32 Å². The quantitative estimate of drug-likeness (QED) is 0.771. The second-order valence-corrected chi connectivity index (χ2v) is 6.61. The van der Waals surface area contributed by atoms with Gasteiger partial charge in [-0.05, 0) is 38.2 Å². The van der Waals surface area contributed by atoms with Gasteiger partial charge in [0.2, 0.25) is 17.7 Å². The van der Waals surface area contributed by atoms with Crippen molar-refractivity contribution >= 4 is 11.9 Å². The maximum Gasteiger partial charge on any atom is 0.229 e. The fourth-order valence-corrected chi connectivity index (χ4v) is 3.19. The van der Waals surface area contributed by atoms with Crippen LogP contribution in [0.2, 0.25) is 0 Å². The topological polar surface area (TPSA) is 97.0 Å². The van der Waals surface area contributed by atoms with Crippen molar-refractivity contribution in [3.8, 4) is 0 Å². The molecule has 1 amide bonds. The highest BCUT2D eigenvalue weighted by Crippen LogP contribution is 2.40. The Morgan fingerprint density at radius 1 is 1.28 bits per heavy atom. The highest BCUT2D eigenvalue weighted by Gasteiger charge is 2.35. The molecule has 2 aliphatic rings. The zero-order valence-electron chi connectivity index (χ0n) is 14.1. The summed E-state index contributed by atoms with van der Waals surface area (Å²) in [6.45, 7) is 1.44. The van der Waals surface area contributed by atoms with Crippen molar-refractivity contribution in [3.63, 3.8) is 0 Å². The maximum atomic E-state index is 12.6. The van der Waals surface area contributed by atoms with E-state index >= 15 is 0 Å². The molecule has 1 atom stereocenters. The van der Waals surface area contributed by atoms with Crippen LogP contribution in [-0.2, 0) is 4.79 Å². The summed E-state index contributed by atoms with van der Waals surface area (Å²) < 4.78 is 5.35. The molecule has 0 bridgehead atoms. The van der Waals surface area contributed by atoms with E-state index in [4.69, 9.17) is 4.52 Å². The Kier molecular flexibility index (Phi) is 4.58. The lowest BCUT2D eigenvalue weighted by molar-refractivity contribution is -0.132. The number of nitrogens with one attached hydrogen (secondary N) is 1. The standard InChI is InChI=1S/C17H22N6O2/c24-14(5-1-8-18-17-19-9-3-10-20-17)23-11-2-4-13(23)15-21-16(25-22-15)12-6-7-12/h3,9-10,12-13H,1-2,4-8,11H2,(H,18,19,20). The molecule has 1 saturated heterocycles. The number of rotatable bonds is 7. The molecule has 1 aliphatic carbocycles. The van der Waals surface area contributed by atoms with Gasteiger partial charge in [-0.25, -0.2) is 9.97 Å². The Balaban J connectivity index is 1.28. The zero-order chi connectivity index (χ0) is 17.1. The first kappa shape index (κ1) is 16.0. The van der Waals surface area contributed by atoms with Gasteiger partial charge in [-0.15, -0.1) is 0 Å². The molecule has 0 spiro atoms. The summed E-state index contributed by atoms with van der Waals surface area (Å²) in [6, 6.07) is 1.74. The molecule has 4 rings (SSSR count). The minimum Gasteiger partial charge on any atom is -0.354 e. The molecule has 1 aliphatic heterocycles. The molecule has 2 aromatic rings. The van der Waals surface area contributed by atoms with Gasteiger partial charge in [0.1, 0.15) is 0 Å². The SMILES string of the molecule is O=C(CCCNc1ncccn1)N1CCCC1c1noc(C2CC2)n1. The van der Waals surface area contributed by atoms with Gasteiger partial charge in [-0.1, -0.05) is 5.16 Å². The highest BCUT2D eigenvalue weighted by molar-refractivity contribution is 5.76. The lowest BCUT2D eigenvalue weighted by atomic mass is 10.2. The third-order valence-electron chi connectivity index (χ3n) is 4.67. The first-order valence-electron chi connectivity index (χ1n) is 8.95. The number of likely N-dealkylation sites (tertiary alicyclic amines) is 1. The Morgan fingerprint density at radius 3 is 2.92 bits per heavy atom. The molecule has 2 aromatic heterocycles. The van der Waals surface area contributed by atoms with E-state index in [9.17, 15) is 4.79 Å². The molecule has 1 saturated carbocycles. The van der Waals surface area contributed by atoms with Crippen LogP contribution in [0.25, 0.3) is 0 Å². The predicted octanol–water partition coefficient (Wildman–Crippen LogP) is 2.29. The number of hydrogen-bond acceptors (Lipinski definition) is 7. The first-order valence-corrected chi connectivity index (χ1v) is 8.95. The number of hydrogen-bond donors (Lipinski definition) is 1. The second kappa shape index (κ2) is 7.16. The number of carbonyl (C=O) groups excluding carboxylic acids is 1. The highest BCUT2D eigenvalue weighted by atomic mass is 16.5. The summed E-state index contributed by atoms with van der Waals surface area (Å²) in [4.78, 5) is 27.2.